The van der Waals surface area contributed by atoms with E-state index in [0.29, 0.717) is 27.6 Å². The minimum atomic E-state index is -0.242. The van der Waals surface area contributed by atoms with Crippen molar-refractivity contribution in [2.45, 2.75) is 32.0 Å². The van der Waals surface area contributed by atoms with Gasteiger partial charge in [0.1, 0.15) is 5.76 Å². The maximum atomic E-state index is 13.5. The topological polar surface area (TPSA) is 94.4 Å². The van der Waals surface area contributed by atoms with E-state index in [1.165, 1.54) is 11.8 Å². The fourth-order valence-corrected chi connectivity index (χ4v) is 4.82. The first kappa shape index (κ1) is 22.0. The highest BCUT2D eigenvalue weighted by molar-refractivity contribution is 7.99. The molecule has 0 aliphatic rings. The number of benzene rings is 2. The minimum Gasteiger partial charge on any atom is -0.467 e. The fourth-order valence-electron chi connectivity index (χ4n) is 4.07. The number of amides is 1. The first-order valence-electron chi connectivity index (χ1n) is 10.9. The average Bonchev–Trinajstić information content (AvgIpc) is 3.50. The van der Waals surface area contributed by atoms with E-state index in [1.807, 2.05) is 67.6 Å². The van der Waals surface area contributed by atoms with Crippen LogP contribution in [0.5, 0.6) is 0 Å². The molecule has 5 aromatic rings. The molecule has 1 atom stereocenters. The summed E-state index contributed by atoms with van der Waals surface area (Å²) >= 11 is 1.27. The molecule has 3 heterocycles. The Labute approximate surface area is 199 Å². The third kappa shape index (κ3) is 3.88. The Hall–Kier alpha value is -3.85. The molecule has 1 amide bonds. The zero-order valence-electron chi connectivity index (χ0n) is 19.0. The number of aromatic nitrogens is 4. The van der Waals surface area contributed by atoms with Gasteiger partial charge in [0, 0.05) is 0 Å². The number of para-hydroxylation sites is 1. The van der Waals surface area contributed by atoms with Gasteiger partial charge in [0.15, 0.2) is 5.16 Å². The van der Waals surface area contributed by atoms with E-state index >= 15 is 0 Å². The maximum absolute atomic E-state index is 13.5. The van der Waals surface area contributed by atoms with E-state index < -0.39 is 0 Å². The number of nitrogens with zero attached hydrogens (tertiary/aromatic N) is 4. The Morgan fingerprint density at radius 3 is 2.71 bits per heavy atom. The number of rotatable bonds is 6. The Balaban J connectivity index is 1.55. The van der Waals surface area contributed by atoms with Gasteiger partial charge in [-0.3, -0.25) is 14.0 Å². The molecule has 1 N–H and O–H groups in total. The molecular formula is C25H23N5O3S. The molecule has 1 unspecified atom stereocenters. The number of aryl methyl sites for hydroxylation is 2. The Kier molecular flexibility index (Phi) is 5.70. The van der Waals surface area contributed by atoms with Gasteiger partial charge in [0.25, 0.3) is 5.56 Å². The largest absolute Gasteiger partial charge is 0.467 e. The highest BCUT2D eigenvalue weighted by atomic mass is 32.2. The molecule has 8 nitrogen and oxygen atoms in total. The van der Waals surface area contributed by atoms with Crippen molar-refractivity contribution in [3.63, 3.8) is 0 Å². The van der Waals surface area contributed by atoms with Crippen LogP contribution in [0.1, 0.15) is 29.9 Å². The number of carbonyl (C=O) groups is 1. The first-order chi connectivity index (χ1) is 16.4. The molecule has 0 saturated carbocycles. The third-order valence-electron chi connectivity index (χ3n) is 5.67. The van der Waals surface area contributed by atoms with Gasteiger partial charge >= 0.3 is 0 Å². The molecule has 34 heavy (non-hydrogen) atoms. The molecule has 9 heteroatoms. The monoisotopic (exact) mass is 473 g/mol. The molecule has 0 saturated heterocycles. The Morgan fingerprint density at radius 1 is 1.12 bits per heavy atom. The van der Waals surface area contributed by atoms with Crippen molar-refractivity contribution in [2.75, 3.05) is 5.75 Å². The van der Waals surface area contributed by atoms with E-state index in [-0.39, 0.29) is 23.3 Å². The summed E-state index contributed by atoms with van der Waals surface area (Å²) in [4.78, 5) is 26.1. The highest BCUT2D eigenvalue weighted by Crippen LogP contribution is 2.24. The van der Waals surface area contributed by atoms with Crippen molar-refractivity contribution in [1.29, 1.82) is 0 Å². The fraction of sp³-hybridized carbons (Fsp3) is 0.200. The molecule has 172 valence electrons. The molecule has 0 radical (unpaired) electrons. The van der Waals surface area contributed by atoms with Gasteiger partial charge in [-0.1, -0.05) is 41.6 Å². The maximum Gasteiger partial charge on any atom is 0.267 e. The first-order valence-corrected chi connectivity index (χ1v) is 11.8. The number of thioether (sulfide) groups is 1. The number of hydrogen-bond donors (Lipinski definition) is 1. The predicted molar refractivity (Wildman–Crippen MR) is 132 cm³/mol. The molecule has 0 aliphatic carbocycles. The molecule has 3 aromatic heterocycles. The second-order valence-electron chi connectivity index (χ2n) is 8.16. The summed E-state index contributed by atoms with van der Waals surface area (Å²) in [5.74, 6) is 1.08. The summed E-state index contributed by atoms with van der Waals surface area (Å²) in [6.07, 6.45) is 1.58. The van der Waals surface area contributed by atoms with Crippen LogP contribution in [-0.2, 0) is 4.79 Å². The van der Waals surface area contributed by atoms with Crippen molar-refractivity contribution in [1.82, 2.24) is 24.5 Å². The lowest BCUT2D eigenvalue weighted by atomic mass is 10.1. The number of hydrogen-bond acceptors (Lipinski definition) is 6. The van der Waals surface area contributed by atoms with E-state index in [1.54, 1.807) is 23.0 Å². The summed E-state index contributed by atoms with van der Waals surface area (Å²) in [7, 11) is 0. The molecular weight excluding hydrogens is 450 g/mol. The SMILES string of the molecule is Cc1ccc(-n2c(=O)c3ccccc3n3c(SCC(=O)NC(C)c4ccco4)nnc23)c(C)c1. The molecule has 0 bridgehead atoms. The number of fused-ring (bicyclic) bond motifs is 3. The summed E-state index contributed by atoms with van der Waals surface area (Å²) in [6.45, 7) is 5.85. The lowest BCUT2D eigenvalue weighted by molar-refractivity contribution is -0.119. The van der Waals surface area contributed by atoms with Crippen LogP contribution in [-0.4, -0.2) is 30.8 Å². The molecule has 5 rings (SSSR count). The third-order valence-corrected chi connectivity index (χ3v) is 6.60. The van der Waals surface area contributed by atoms with Gasteiger partial charge in [0.2, 0.25) is 11.7 Å². The quantitative estimate of drug-likeness (QED) is 0.371. The smallest absolute Gasteiger partial charge is 0.267 e. The average molecular weight is 474 g/mol. The zero-order valence-corrected chi connectivity index (χ0v) is 19.8. The summed E-state index contributed by atoms with van der Waals surface area (Å²) < 4.78 is 8.78. The van der Waals surface area contributed by atoms with Gasteiger partial charge in [-0.2, -0.15) is 0 Å². The van der Waals surface area contributed by atoms with Crippen LogP contribution in [0, 0.1) is 13.8 Å². The lowest BCUT2D eigenvalue weighted by Gasteiger charge is -2.14. The van der Waals surface area contributed by atoms with Crippen LogP contribution >= 0.6 is 11.8 Å². The zero-order chi connectivity index (χ0) is 23.8. The van der Waals surface area contributed by atoms with Crippen molar-refractivity contribution in [3.8, 4) is 5.69 Å². The van der Waals surface area contributed by atoms with Crippen LogP contribution in [0.15, 0.2) is 75.2 Å². The van der Waals surface area contributed by atoms with Crippen molar-refractivity contribution >= 4 is 34.3 Å². The van der Waals surface area contributed by atoms with Crippen molar-refractivity contribution < 1.29 is 9.21 Å². The van der Waals surface area contributed by atoms with Crippen LogP contribution in [0.2, 0.25) is 0 Å². The van der Waals surface area contributed by atoms with Gasteiger partial charge < -0.3 is 9.73 Å². The van der Waals surface area contributed by atoms with Crippen LogP contribution < -0.4 is 10.9 Å². The minimum absolute atomic E-state index is 0.142. The lowest BCUT2D eigenvalue weighted by Crippen LogP contribution is -2.28. The number of furan rings is 1. The van der Waals surface area contributed by atoms with Gasteiger partial charge in [-0.15, -0.1) is 10.2 Å². The normalized spacial score (nSPS) is 12.3. The Bertz CT molecular complexity index is 1570. The van der Waals surface area contributed by atoms with Crippen molar-refractivity contribution in [3.05, 3.63) is 88.1 Å². The van der Waals surface area contributed by atoms with Crippen LogP contribution in [0.25, 0.3) is 22.4 Å². The van der Waals surface area contributed by atoms with E-state index in [2.05, 4.69) is 15.5 Å². The predicted octanol–water partition coefficient (Wildman–Crippen LogP) is 4.21. The number of carbonyl (C=O) groups excluding carboxylic acids is 1. The van der Waals surface area contributed by atoms with Crippen LogP contribution in [0.4, 0.5) is 0 Å². The standard InChI is InChI=1S/C25H23N5O3S/c1-15-10-11-19(16(2)13-15)29-23(32)18-7-4-5-8-20(18)30-24(29)27-28-25(30)34-14-22(31)26-17(3)21-9-6-12-33-21/h4-13,17H,14H2,1-3H3,(H,26,31). The number of nitrogens with one attached hydrogen (secondary N) is 1. The van der Waals surface area contributed by atoms with E-state index in [0.717, 1.165) is 16.8 Å². The molecule has 2 aromatic carbocycles. The second kappa shape index (κ2) is 8.83. The molecule has 0 aliphatic heterocycles. The molecule has 0 fully saturated rings. The summed E-state index contributed by atoms with van der Waals surface area (Å²) in [5, 5.41) is 12.7. The summed E-state index contributed by atoms with van der Waals surface area (Å²) in [5.41, 5.74) is 3.35. The van der Waals surface area contributed by atoms with Gasteiger partial charge in [-0.25, -0.2) is 4.57 Å². The van der Waals surface area contributed by atoms with E-state index in [4.69, 9.17) is 4.42 Å². The highest BCUT2D eigenvalue weighted by Gasteiger charge is 2.20. The second-order valence-corrected chi connectivity index (χ2v) is 9.10. The Morgan fingerprint density at radius 2 is 1.94 bits per heavy atom. The van der Waals surface area contributed by atoms with E-state index in [9.17, 15) is 9.59 Å². The van der Waals surface area contributed by atoms with Crippen molar-refractivity contribution in [2.24, 2.45) is 0 Å². The van der Waals surface area contributed by atoms with Crippen LogP contribution in [0.3, 0.4) is 0 Å². The summed E-state index contributed by atoms with van der Waals surface area (Å²) in [6, 6.07) is 16.7. The van der Waals surface area contributed by atoms with Gasteiger partial charge in [0.05, 0.1) is 34.6 Å². The van der Waals surface area contributed by atoms with Gasteiger partial charge in [-0.05, 0) is 56.7 Å². The molecule has 0 spiro atoms.